The third-order valence-electron chi connectivity index (χ3n) is 3.74. The molecule has 1 aliphatic heterocycles. The quantitative estimate of drug-likeness (QED) is 0.817. The minimum absolute atomic E-state index is 0.525. The molecular weight excluding hydrogens is 226 g/mol. The van der Waals surface area contributed by atoms with Gasteiger partial charge < -0.3 is 10.1 Å². The fourth-order valence-corrected chi connectivity index (χ4v) is 2.63. The third kappa shape index (κ3) is 2.93. The highest BCUT2D eigenvalue weighted by atomic mass is 16.5. The third-order valence-corrected chi connectivity index (χ3v) is 3.74. The van der Waals surface area contributed by atoms with Crippen LogP contribution >= 0.6 is 0 Å². The first-order valence-electron chi connectivity index (χ1n) is 7.07. The highest BCUT2D eigenvalue weighted by Gasteiger charge is 2.20. The van der Waals surface area contributed by atoms with Crippen molar-refractivity contribution < 1.29 is 4.74 Å². The van der Waals surface area contributed by atoms with E-state index in [0.717, 1.165) is 39.1 Å². The molecular formula is C14H25N3O. The van der Waals surface area contributed by atoms with Gasteiger partial charge in [0.15, 0.2) is 0 Å². The van der Waals surface area contributed by atoms with Crippen molar-refractivity contribution in [3.63, 3.8) is 0 Å². The Morgan fingerprint density at radius 3 is 2.72 bits per heavy atom. The van der Waals surface area contributed by atoms with Crippen molar-refractivity contribution in [1.29, 1.82) is 0 Å². The number of hydrogen-bond donors (Lipinski definition) is 1. The van der Waals surface area contributed by atoms with Gasteiger partial charge in [0, 0.05) is 31.0 Å². The van der Waals surface area contributed by atoms with E-state index in [1.165, 1.54) is 23.4 Å². The maximum Gasteiger partial charge on any atom is 0.0641 e. The van der Waals surface area contributed by atoms with Crippen LogP contribution in [0.25, 0.3) is 0 Å². The van der Waals surface area contributed by atoms with E-state index in [1.54, 1.807) is 0 Å². The highest BCUT2D eigenvalue weighted by Crippen LogP contribution is 2.24. The predicted octanol–water partition coefficient (Wildman–Crippen LogP) is 2.35. The van der Waals surface area contributed by atoms with Crippen LogP contribution < -0.4 is 5.32 Å². The summed E-state index contributed by atoms with van der Waals surface area (Å²) in [6.45, 7) is 10.2. The summed E-state index contributed by atoms with van der Waals surface area (Å²) >= 11 is 0. The van der Waals surface area contributed by atoms with Crippen molar-refractivity contribution >= 4 is 0 Å². The van der Waals surface area contributed by atoms with Gasteiger partial charge in [-0.3, -0.25) is 4.68 Å². The number of hydrogen-bond acceptors (Lipinski definition) is 3. The molecule has 102 valence electrons. The van der Waals surface area contributed by atoms with E-state index in [0.29, 0.717) is 6.04 Å². The van der Waals surface area contributed by atoms with E-state index in [-0.39, 0.29) is 0 Å². The summed E-state index contributed by atoms with van der Waals surface area (Å²) in [5.41, 5.74) is 3.86. The number of nitrogens with one attached hydrogen (secondary N) is 1. The van der Waals surface area contributed by atoms with Crippen LogP contribution in [0.1, 0.15) is 49.2 Å². The van der Waals surface area contributed by atoms with Crippen LogP contribution in [0.5, 0.6) is 0 Å². The van der Waals surface area contributed by atoms with Crippen LogP contribution in [0, 0.1) is 13.8 Å². The second-order valence-electron chi connectivity index (χ2n) is 5.11. The zero-order valence-corrected chi connectivity index (χ0v) is 11.8. The summed E-state index contributed by atoms with van der Waals surface area (Å²) in [7, 11) is 0. The Labute approximate surface area is 110 Å². The summed E-state index contributed by atoms with van der Waals surface area (Å²) in [6.07, 6.45) is 3.35. The molecule has 1 aliphatic rings. The van der Waals surface area contributed by atoms with Crippen LogP contribution in [0.4, 0.5) is 0 Å². The zero-order chi connectivity index (χ0) is 13.0. The van der Waals surface area contributed by atoms with E-state index in [1.807, 2.05) is 0 Å². The van der Waals surface area contributed by atoms with Gasteiger partial charge in [-0.05, 0) is 39.7 Å². The van der Waals surface area contributed by atoms with Crippen LogP contribution in [0.2, 0.25) is 0 Å². The van der Waals surface area contributed by atoms with Crippen molar-refractivity contribution in [2.75, 3.05) is 19.8 Å². The van der Waals surface area contributed by atoms with Gasteiger partial charge in [-0.15, -0.1) is 0 Å². The van der Waals surface area contributed by atoms with Gasteiger partial charge in [0.25, 0.3) is 0 Å². The number of aromatic nitrogens is 2. The van der Waals surface area contributed by atoms with E-state index >= 15 is 0 Å². The van der Waals surface area contributed by atoms with E-state index in [9.17, 15) is 0 Å². The molecule has 0 aromatic carbocycles. The second kappa shape index (κ2) is 6.34. The van der Waals surface area contributed by atoms with Crippen molar-refractivity contribution in [1.82, 2.24) is 15.1 Å². The van der Waals surface area contributed by atoms with Crippen molar-refractivity contribution in [2.24, 2.45) is 0 Å². The molecule has 2 heterocycles. The molecule has 0 radical (unpaired) electrons. The minimum Gasteiger partial charge on any atom is -0.381 e. The van der Waals surface area contributed by atoms with Crippen LogP contribution in [-0.2, 0) is 11.3 Å². The molecule has 1 N–H and O–H groups in total. The molecule has 0 amide bonds. The lowest BCUT2D eigenvalue weighted by Crippen LogP contribution is -2.21. The molecule has 0 atom stereocenters. The van der Waals surface area contributed by atoms with Gasteiger partial charge in [0.2, 0.25) is 0 Å². The number of aryl methyl sites for hydroxylation is 1. The first-order valence-corrected chi connectivity index (χ1v) is 7.07. The first-order chi connectivity index (χ1) is 8.74. The number of ether oxygens (including phenoxy) is 1. The molecule has 1 saturated heterocycles. The Bertz CT molecular complexity index is 381. The Morgan fingerprint density at radius 2 is 2.06 bits per heavy atom. The Hall–Kier alpha value is -0.870. The summed E-state index contributed by atoms with van der Waals surface area (Å²) in [5, 5.41) is 8.20. The summed E-state index contributed by atoms with van der Waals surface area (Å²) in [4.78, 5) is 0. The molecule has 1 aromatic heterocycles. The zero-order valence-electron chi connectivity index (χ0n) is 11.8. The molecule has 4 heteroatoms. The Kier molecular flexibility index (Phi) is 4.78. The van der Waals surface area contributed by atoms with Gasteiger partial charge in [0.1, 0.15) is 0 Å². The Balaban J connectivity index is 2.09. The molecule has 1 aromatic rings. The lowest BCUT2D eigenvalue weighted by atomic mass is 10.1. The first kappa shape index (κ1) is 13.6. The maximum atomic E-state index is 5.42. The molecule has 4 nitrogen and oxygen atoms in total. The smallest absolute Gasteiger partial charge is 0.0641 e. The molecule has 2 rings (SSSR count). The van der Waals surface area contributed by atoms with Gasteiger partial charge in [-0.2, -0.15) is 5.10 Å². The fraction of sp³-hybridized carbons (Fsp3) is 0.786. The second-order valence-corrected chi connectivity index (χ2v) is 5.11. The number of nitrogens with zero attached hydrogens (tertiary/aromatic N) is 2. The standard InChI is InChI=1S/C14H25N3O/c1-4-7-15-10-14-11(2)16-17(12(14)3)13-5-8-18-9-6-13/h13,15H,4-10H2,1-3H3. The lowest BCUT2D eigenvalue weighted by molar-refractivity contribution is 0.0656. The van der Waals surface area contributed by atoms with Crippen LogP contribution in [-0.4, -0.2) is 29.5 Å². The monoisotopic (exact) mass is 251 g/mol. The molecule has 1 fully saturated rings. The normalized spacial score (nSPS) is 17.3. The molecule has 0 spiro atoms. The Morgan fingerprint density at radius 1 is 1.33 bits per heavy atom. The van der Waals surface area contributed by atoms with E-state index in [4.69, 9.17) is 9.84 Å². The number of rotatable bonds is 5. The van der Waals surface area contributed by atoms with Crippen molar-refractivity contribution in [3.05, 3.63) is 17.0 Å². The molecule has 0 saturated carbocycles. The van der Waals surface area contributed by atoms with Crippen molar-refractivity contribution in [2.45, 2.75) is 52.6 Å². The average Bonchev–Trinajstić information content (AvgIpc) is 2.68. The SMILES string of the molecule is CCCNCc1c(C)nn(C2CCOCC2)c1C. The largest absolute Gasteiger partial charge is 0.381 e. The van der Waals surface area contributed by atoms with Crippen molar-refractivity contribution in [3.8, 4) is 0 Å². The highest BCUT2D eigenvalue weighted by molar-refractivity contribution is 5.24. The average molecular weight is 251 g/mol. The molecule has 0 bridgehead atoms. The van der Waals surface area contributed by atoms with Gasteiger partial charge in [-0.1, -0.05) is 6.92 Å². The predicted molar refractivity (Wildman–Crippen MR) is 72.8 cm³/mol. The molecule has 18 heavy (non-hydrogen) atoms. The van der Waals surface area contributed by atoms with Gasteiger partial charge >= 0.3 is 0 Å². The topological polar surface area (TPSA) is 39.1 Å². The maximum absolute atomic E-state index is 5.42. The van der Waals surface area contributed by atoms with E-state index in [2.05, 4.69) is 30.8 Å². The lowest BCUT2D eigenvalue weighted by Gasteiger charge is -2.23. The molecule has 0 aliphatic carbocycles. The molecule has 0 unspecified atom stereocenters. The minimum atomic E-state index is 0.525. The van der Waals surface area contributed by atoms with Crippen LogP contribution in [0.15, 0.2) is 0 Å². The van der Waals surface area contributed by atoms with Gasteiger partial charge in [-0.25, -0.2) is 0 Å². The van der Waals surface area contributed by atoms with E-state index < -0.39 is 0 Å². The van der Waals surface area contributed by atoms with Gasteiger partial charge in [0.05, 0.1) is 11.7 Å². The fourth-order valence-electron chi connectivity index (χ4n) is 2.63. The summed E-state index contributed by atoms with van der Waals surface area (Å²) in [5.74, 6) is 0. The summed E-state index contributed by atoms with van der Waals surface area (Å²) < 4.78 is 7.65. The summed E-state index contributed by atoms with van der Waals surface area (Å²) in [6, 6.07) is 0.525. The van der Waals surface area contributed by atoms with Crippen LogP contribution in [0.3, 0.4) is 0 Å².